The van der Waals surface area contributed by atoms with Gasteiger partial charge in [0, 0.05) is 45.0 Å². The maximum Gasteiger partial charge on any atom is 0.410 e. The van der Waals surface area contributed by atoms with Crippen LogP contribution < -0.4 is 0 Å². The van der Waals surface area contributed by atoms with Gasteiger partial charge in [0.15, 0.2) is 0 Å². The van der Waals surface area contributed by atoms with Gasteiger partial charge in [0.1, 0.15) is 11.3 Å². The molecule has 0 saturated carbocycles. The Morgan fingerprint density at radius 2 is 1.66 bits per heavy atom. The number of nitrogens with zero attached hydrogens (tertiary/aromatic N) is 3. The number of likely N-dealkylation sites (tertiary alicyclic amines) is 2. The monoisotopic (exact) mass is 405 g/mol. The highest BCUT2D eigenvalue weighted by molar-refractivity contribution is 5.93. The van der Waals surface area contributed by atoms with E-state index in [1.54, 1.807) is 4.90 Å². The summed E-state index contributed by atoms with van der Waals surface area (Å²) >= 11 is 0. The SMILES string of the molecule is CCOC1CCN(C(=O)c2cccn2C2CCN(C(=O)OC(C)(C)C)CC2)CC1. The van der Waals surface area contributed by atoms with Gasteiger partial charge in [-0.25, -0.2) is 4.79 Å². The molecule has 3 rings (SSSR count). The lowest BCUT2D eigenvalue weighted by Gasteiger charge is -2.35. The van der Waals surface area contributed by atoms with Crippen molar-refractivity contribution in [1.29, 1.82) is 0 Å². The molecule has 0 aliphatic carbocycles. The molecule has 0 spiro atoms. The van der Waals surface area contributed by atoms with Crippen molar-refractivity contribution in [2.75, 3.05) is 32.8 Å². The van der Waals surface area contributed by atoms with Gasteiger partial charge in [-0.1, -0.05) is 0 Å². The van der Waals surface area contributed by atoms with Crippen LogP contribution in [0.2, 0.25) is 0 Å². The summed E-state index contributed by atoms with van der Waals surface area (Å²) < 4.78 is 13.3. The first-order chi connectivity index (χ1) is 13.8. The van der Waals surface area contributed by atoms with Crippen LogP contribution in [0.3, 0.4) is 0 Å². The minimum Gasteiger partial charge on any atom is -0.444 e. The van der Waals surface area contributed by atoms with Crippen molar-refractivity contribution >= 4 is 12.0 Å². The van der Waals surface area contributed by atoms with E-state index in [1.807, 2.05) is 50.9 Å². The summed E-state index contributed by atoms with van der Waals surface area (Å²) in [5.41, 5.74) is 0.263. The lowest BCUT2D eigenvalue weighted by molar-refractivity contribution is 0.0133. The minimum absolute atomic E-state index is 0.0968. The molecule has 7 nitrogen and oxygen atoms in total. The minimum atomic E-state index is -0.483. The Labute approximate surface area is 173 Å². The Kier molecular flexibility index (Phi) is 6.88. The van der Waals surface area contributed by atoms with E-state index in [-0.39, 0.29) is 24.1 Å². The zero-order chi connectivity index (χ0) is 21.0. The predicted molar refractivity (Wildman–Crippen MR) is 111 cm³/mol. The van der Waals surface area contributed by atoms with Crippen molar-refractivity contribution < 1.29 is 19.1 Å². The molecule has 0 N–H and O–H groups in total. The fourth-order valence-electron chi connectivity index (χ4n) is 4.17. The molecular formula is C22H35N3O4. The van der Waals surface area contributed by atoms with E-state index in [9.17, 15) is 9.59 Å². The fourth-order valence-corrected chi connectivity index (χ4v) is 4.17. The number of carbonyl (C=O) groups is 2. The lowest BCUT2D eigenvalue weighted by Crippen LogP contribution is -2.43. The molecular weight excluding hydrogens is 370 g/mol. The highest BCUT2D eigenvalue weighted by Gasteiger charge is 2.30. The second kappa shape index (κ2) is 9.20. The molecule has 2 aliphatic rings. The Hall–Kier alpha value is -2.02. The van der Waals surface area contributed by atoms with Crippen LogP contribution in [0.1, 0.15) is 69.9 Å². The Bertz CT molecular complexity index is 693. The number of piperidine rings is 2. The van der Waals surface area contributed by atoms with E-state index in [4.69, 9.17) is 9.47 Å². The molecule has 0 atom stereocenters. The zero-order valence-electron chi connectivity index (χ0n) is 18.2. The van der Waals surface area contributed by atoms with Crippen LogP contribution in [0.15, 0.2) is 18.3 Å². The van der Waals surface area contributed by atoms with Crippen molar-refractivity contribution in [3.8, 4) is 0 Å². The number of hydrogen-bond acceptors (Lipinski definition) is 4. The third kappa shape index (κ3) is 5.53. The number of carbonyl (C=O) groups excluding carboxylic acids is 2. The van der Waals surface area contributed by atoms with Gasteiger partial charge in [0.2, 0.25) is 0 Å². The summed E-state index contributed by atoms with van der Waals surface area (Å²) in [7, 11) is 0. The van der Waals surface area contributed by atoms with E-state index in [0.717, 1.165) is 51.1 Å². The van der Waals surface area contributed by atoms with Gasteiger partial charge in [-0.3, -0.25) is 4.79 Å². The zero-order valence-corrected chi connectivity index (χ0v) is 18.2. The molecule has 7 heteroatoms. The molecule has 1 aromatic rings. The average Bonchev–Trinajstić information content (AvgIpc) is 3.17. The molecule has 2 fully saturated rings. The lowest BCUT2D eigenvalue weighted by atomic mass is 10.0. The van der Waals surface area contributed by atoms with Gasteiger partial charge in [0.05, 0.1) is 6.10 Å². The van der Waals surface area contributed by atoms with E-state index >= 15 is 0 Å². The van der Waals surface area contributed by atoms with Crippen LogP contribution in [-0.4, -0.2) is 70.9 Å². The molecule has 1 aromatic heterocycles. The summed E-state index contributed by atoms with van der Waals surface area (Å²) in [5, 5.41) is 0. The average molecular weight is 406 g/mol. The van der Waals surface area contributed by atoms with Gasteiger partial charge in [-0.05, 0) is 65.5 Å². The van der Waals surface area contributed by atoms with Crippen LogP contribution >= 0.6 is 0 Å². The molecule has 2 amide bonds. The molecule has 3 heterocycles. The number of hydrogen-bond donors (Lipinski definition) is 0. The molecule has 162 valence electrons. The normalized spacial score (nSPS) is 19.4. The van der Waals surface area contributed by atoms with Gasteiger partial charge in [-0.15, -0.1) is 0 Å². The molecule has 0 unspecified atom stereocenters. The number of amides is 2. The van der Waals surface area contributed by atoms with Crippen LogP contribution in [0.4, 0.5) is 4.79 Å². The van der Waals surface area contributed by atoms with Crippen LogP contribution in [0.25, 0.3) is 0 Å². The van der Waals surface area contributed by atoms with Gasteiger partial charge in [-0.2, -0.15) is 0 Å². The first-order valence-electron chi connectivity index (χ1n) is 10.8. The van der Waals surface area contributed by atoms with Crippen molar-refractivity contribution in [1.82, 2.24) is 14.4 Å². The summed E-state index contributed by atoms with van der Waals surface area (Å²) in [5.74, 6) is 0.0968. The smallest absolute Gasteiger partial charge is 0.410 e. The van der Waals surface area contributed by atoms with Crippen molar-refractivity contribution in [2.45, 2.75) is 71.1 Å². The Morgan fingerprint density at radius 3 is 2.24 bits per heavy atom. The maximum atomic E-state index is 13.1. The highest BCUT2D eigenvalue weighted by Crippen LogP contribution is 2.27. The van der Waals surface area contributed by atoms with E-state index in [1.165, 1.54) is 0 Å². The van der Waals surface area contributed by atoms with E-state index in [2.05, 4.69) is 4.57 Å². The number of ether oxygens (including phenoxy) is 2. The van der Waals surface area contributed by atoms with E-state index < -0.39 is 5.60 Å². The van der Waals surface area contributed by atoms with Crippen LogP contribution in [0, 0.1) is 0 Å². The maximum absolute atomic E-state index is 13.1. The van der Waals surface area contributed by atoms with Gasteiger partial charge >= 0.3 is 6.09 Å². The summed E-state index contributed by atoms with van der Waals surface area (Å²) in [6.45, 7) is 11.2. The second-order valence-corrected chi connectivity index (χ2v) is 8.95. The number of rotatable bonds is 4. The summed E-state index contributed by atoms with van der Waals surface area (Å²) in [6.07, 6.45) is 5.45. The molecule has 2 saturated heterocycles. The van der Waals surface area contributed by atoms with Crippen LogP contribution in [0.5, 0.6) is 0 Å². The first kappa shape index (κ1) is 21.7. The van der Waals surface area contributed by atoms with Gasteiger partial charge < -0.3 is 23.8 Å². The van der Waals surface area contributed by atoms with Gasteiger partial charge in [0.25, 0.3) is 5.91 Å². The summed E-state index contributed by atoms with van der Waals surface area (Å²) in [6, 6.07) is 4.08. The van der Waals surface area contributed by atoms with Crippen molar-refractivity contribution in [3.05, 3.63) is 24.0 Å². The molecule has 29 heavy (non-hydrogen) atoms. The molecule has 0 bridgehead atoms. The third-order valence-electron chi connectivity index (χ3n) is 5.64. The molecule has 2 aliphatic heterocycles. The largest absolute Gasteiger partial charge is 0.444 e. The van der Waals surface area contributed by atoms with Crippen molar-refractivity contribution in [2.24, 2.45) is 0 Å². The Morgan fingerprint density at radius 1 is 1.03 bits per heavy atom. The quantitative estimate of drug-likeness (QED) is 0.766. The Balaban J connectivity index is 1.57. The second-order valence-electron chi connectivity index (χ2n) is 8.95. The standard InChI is InChI=1S/C22H35N3O4/c1-5-28-18-10-15-23(16-11-18)20(26)19-7-6-12-25(19)17-8-13-24(14-9-17)21(27)29-22(2,3)4/h6-7,12,17-18H,5,8-11,13-16H2,1-4H3. The van der Waals surface area contributed by atoms with Crippen LogP contribution in [-0.2, 0) is 9.47 Å². The third-order valence-corrected chi connectivity index (χ3v) is 5.64. The predicted octanol–water partition coefficient (Wildman–Crippen LogP) is 3.70. The van der Waals surface area contributed by atoms with E-state index in [0.29, 0.717) is 13.1 Å². The first-order valence-corrected chi connectivity index (χ1v) is 10.8. The highest BCUT2D eigenvalue weighted by atomic mass is 16.6. The summed E-state index contributed by atoms with van der Waals surface area (Å²) in [4.78, 5) is 29.1. The topological polar surface area (TPSA) is 64.0 Å². The molecule has 0 aromatic carbocycles. The fraction of sp³-hybridized carbons (Fsp3) is 0.727. The molecule has 0 radical (unpaired) electrons. The number of aromatic nitrogens is 1. The van der Waals surface area contributed by atoms with Crippen molar-refractivity contribution in [3.63, 3.8) is 0 Å².